The van der Waals surface area contributed by atoms with E-state index in [9.17, 15) is 4.79 Å². The van der Waals surface area contributed by atoms with Crippen molar-refractivity contribution in [3.05, 3.63) is 39.4 Å². The van der Waals surface area contributed by atoms with Crippen LogP contribution in [0.2, 0.25) is 0 Å². The predicted molar refractivity (Wildman–Crippen MR) is 95.1 cm³/mol. The smallest absolute Gasteiger partial charge is 0.338 e. The Balaban J connectivity index is 1.47. The highest BCUT2D eigenvalue weighted by Gasteiger charge is 2.41. The van der Waals surface area contributed by atoms with Crippen LogP contribution in [0, 0.1) is 18.3 Å². The van der Waals surface area contributed by atoms with Gasteiger partial charge in [0.2, 0.25) is 0 Å². The standard InChI is InChI=1S/C20H23BrO2/c1-13-10-15-2-3-16(18(15)17(21)11-13)19(22)23-12-20-7-4-14(5-8-20)6-9-20/h3,10-11,14H,2,4-9,12H2,1H3. The molecule has 0 radical (unpaired) electrons. The zero-order valence-electron chi connectivity index (χ0n) is 13.7. The molecule has 5 rings (SSSR count). The first-order valence-corrected chi connectivity index (χ1v) is 9.52. The summed E-state index contributed by atoms with van der Waals surface area (Å²) in [6, 6.07) is 4.24. The molecule has 0 N–H and O–H groups in total. The van der Waals surface area contributed by atoms with E-state index in [2.05, 4.69) is 35.0 Å². The second-order valence-electron chi connectivity index (χ2n) is 7.66. The molecule has 1 aromatic carbocycles. The Hall–Kier alpha value is -1.09. The lowest BCUT2D eigenvalue weighted by Gasteiger charge is -2.46. The van der Waals surface area contributed by atoms with Crippen molar-refractivity contribution < 1.29 is 9.53 Å². The van der Waals surface area contributed by atoms with Crippen LogP contribution in [0.1, 0.15) is 55.2 Å². The van der Waals surface area contributed by atoms with Gasteiger partial charge in [0, 0.05) is 15.5 Å². The van der Waals surface area contributed by atoms with E-state index in [0.717, 1.165) is 27.9 Å². The number of allylic oxidation sites excluding steroid dienone is 1. The number of carbonyl (C=O) groups is 1. The molecule has 3 heteroatoms. The van der Waals surface area contributed by atoms with E-state index < -0.39 is 0 Å². The predicted octanol–water partition coefficient (Wildman–Crippen LogP) is 5.21. The maximum absolute atomic E-state index is 12.6. The topological polar surface area (TPSA) is 26.3 Å². The van der Waals surface area contributed by atoms with Crippen molar-refractivity contribution >= 4 is 27.5 Å². The Morgan fingerprint density at radius 3 is 2.65 bits per heavy atom. The second-order valence-corrected chi connectivity index (χ2v) is 8.52. The molecule has 3 saturated carbocycles. The summed E-state index contributed by atoms with van der Waals surface area (Å²) in [6.07, 6.45) is 10.5. The van der Waals surface area contributed by atoms with Crippen molar-refractivity contribution in [3.8, 4) is 0 Å². The monoisotopic (exact) mass is 374 g/mol. The van der Waals surface area contributed by atoms with Gasteiger partial charge in [0.05, 0.1) is 12.2 Å². The van der Waals surface area contributed by atoms with E-state index in [1.165, 1.54) is 49.7 Å². The van der Waals surface area contributed by atoms with Crippen molar-refractivity contribution in [2.45, 2.75) is 51.9 Å². The van der Waals surface area contributed by atoms with E-state index in [1.54, 1.807) is 0 Å². The van der Waals surface area contributed by atoms with Crippen LogP contribution >= 0.6 is 15.9 Å². The molecule has 4 aliphatic rings. The van der Waals surface area contributed by atoms with Crippen molar-refractivity contribution in [1.82, 2.24) is 0 Å². The van der Waals surface area contributed by atoms with Crippen molar-refractivity contribution in [1.29, 1.82) is 0 Å². The van der Waals surface area contributed by atoms with Gasteiger partial charge in [0.1, 0.15) is 0 Å². The molecular weight excluding hydrogens is 352 g/mol. The fourth-order valence-electron chi connectivity index (χ4n) is 4.63. The molecule has 2 nitrogen and oxygen atoms in total. The first-order chi connectivity index (χ1) is 11.1. The molecule has 4 aliphatic carbocycles. The van der Waals surface area contributed by atoms with Gasteiger partial charge in [-0.3, -0.25) is 0 Å². The van der Waals surface area contributed by atoms with Crippen LogP contribution < -0.4 is 0 Å². The summed E-state index contributed by atoms with van der Waals surface area (Å²) >= 11 is 3.62. The zero-order chi connectivity index (χ0) is 16.0. The van der Waals surface area contributed by atoms with Gasteiger partial charge in [-0.2, -0.15) is 0 Å². The summed E-state index contributed by atoms with van der Waals surface area (Å²) in [5, 5.41) is 0. The largest absolute Gasteiger partial charge is 0.461 e. The lowest BCUT2D eigenvalue weighted by atomic mass is 9.61. The second kappa shape index (κ2) is 5.77. The van der Waals surface area contributed by atoms with Gasteiger partial charge in [-0.05, 0) is 75.0 Å². The first-order valence-electron chi connectivity index (χ1n) is 8.73. The Bertz CT molecular complexity index is 667. The number of aryl methyl sites for hydroxylation is 1. The minimum absolute atomic E-state index is 0.143. The summed E-state index contributed by atoms with van der Waals surface area (Å²) in [6.45, 7) is 2.69. The van der Waals surface area contributed by atoms with Crippen LogP contribution in [0.4, 0.5) is 0 Å². The molecule has 3 fully saturated rings. The molecule has 122 valence electrons. The average Bonchev–Trinajstić information content (AvgIpc) is 2.98. The van der Waals surface area contributed by atoms with Crippen LogP contribution in [-0.2, 0) is 16.0 Å². The van der Waals surface area contributed by atoms with Gasteiger partial charge in [-0.15, -0.1) is 0 Å². The Labute approximate surface area is 146 Å². The van der Waals surface area contributed by atoms with Crippen molar-refractivity contribution in [3.63, 3.8) is 0 Å². The minimum atomic E-state index is -0.143. The van der Waals surface area contributed by atoms with Crippen LogP contribution in [0.3, 0.4) is 0 Å². The third-order valence-corrected chi connectivity index (χ3v) is 6.72. The molecule has 0 aromatic heterocycles. The van der Waals surface area contributed by atoms with Gasteiger partial charge < -0.3 is 4.74 Å². The average molecular weight is 375 g/mol. The molecule has 0 unspecified atom stereocenters. The van der Waals surface area contributed by atoms with E-state index >= 15 is 0 Å². The molecule has 0 amide bonds. The Kier molecular flexibility index (Phi) is 3.87. The van der Waals surface area contributed by atoms with Crippen LogP contribution in [0.5, 0.6) is 0 Å². The van der Waals surface area contributed by atoms with Crippen molar-refractivity contribution in [2.24, 2.45) is 11.3 Å². The van der Waals surface area contributed by atoms with Crippen molar-refractivity contribution in [2.75, 3.05) is 6.61 Å². The summed E-state index contributed by atoms with van der Waals surface area (Å²) in [5.74, 6) is 0.798. The SMILES string of the molecule is Cc1cc(Br)c2c(c1)CC=C2C(=O)OCC12CCC(CC1)CC2. The summed E-state index contributed by atoms with van der Waals surface area (Å²) < 4.78 is 6.80. The minimum Gasteiger partial charge on any atom is -0.461 e. The number of ether oxygens (including phenoxy) is 1. The number of fused-ring (bicyclic) bond motifs is 4. The van der Waals surface area contributed by atoms with E-state index in [1.807, 2.05) is 6.08 Å². The molecule has 23 heavy (non-hydrogen) atoms. The van der Waals surface area contributed by atoms with Crippen LogP contribution in [-0.4, -0.2) is 12.6 Å². The van der Waals surface area contributed by atoms with Gasteiger partial charge in [-0.1, -0.05) is 28.1 Å². The molecule has 0 saturated heterocycles. The zero-order valence-corrected chi connectivity index (χ0v) is 15.2. The maximum Gasteiger partial charge on any atom is 0.338 e. The fraction of sp³-hybridized carbons (Fsp3) is 0.550. The van der Waals surface area contributed by atoms with Crippen LogP contribution in [0.15, 0.2) is 22.7 Å². The van der Waals surface area contributed by atoms with Gasteiger partial charge in [-0.25, -0.2) is 4.79 Å². The summed E-state index contributed by atoms with van der Waals surface area (Å²) in [5.41, 5.74) is 4.49. The van der Waals surface area contributed by atoms with Crippen LogP contribution in [0.25, 0.3) is 5.57 Å². The highest BCUT2D eigenvalue weighted by molar-refractivity contribution is 9.10. The lowest BCUT2D eigenvalue weighted by Crippen LogP contribution is -2.38. The molecule has 0 heterocycles. The molecule has 1 aromatic rings. The quantitative estimate of drug-likeness (QED) is 0.678. The highest BCUT2D eigenvalue weighted by Crippen LogP contribution is 2.50. The number of carbonyl (C=O) groups excluding carboxylic acids is 1. The summed E-state index contributed by atoms with van der Waals surface area (Å²) in [7, 11) is 0. The first kappa shape index (κ1) is 15.4. The highest BCUT2D eigenvalue weighted by atomic mass is 79.9. The number of halogens is 1. The Morgan fingerprint density at radius 2 is 1.96 bits per heavy atom. The molecule has 0 atom stereocenters. The summed E-state index contributed by atoms with van der Waals surface area (Å²) in [4.78, 5) is 12.6. The van der Waals surface area contributed by atoms with Gasteiger partial charge in [0.15, 0.2) is 0 Å². The molecule has 0 spiro atoms. The maximum atomic E-state index is 12.6. The van der Waals surface area contributed by atoms with E-state index in [-0.39, 0.29) is 11.4 Å². The van der Waals surface area contributed by atoms with E-state index in [0.29, 0.717) is 6.61 Å². The number of esters is 1. The lowest BCUT2D eigenvalue weighted by molar-refractivity contribution is -0.142. The normalized spacial score (nSPS) is 28.4. The third-order valence-electron chi connectivity index (χ3n) is 6.09. The molecule has 2 bridgehead atoms. The number of hydrogen-bond acceptors (Lipinski definition) is 2. The number of benzene rings is 1. The van der Waals surface area contributed by atoms with E-state index in [4.69, 9.17) is 4.74 Å². The number of hydrogen-bond donors (Lipinski definition) is 0. The number of rotatable bonds is 3. The van der Waals surface area contributed by atoms with Gasteiger partial charge in [0.25, 0.3) is 0 Å². The fourth-order valence-corrected chi connectivity index (χ4v) is 5.46. The molecular formula is C20H23BrO2. The Morgan fingerprint density at radius 1 is 1.26 bits per heavy atom. The molecule has 0 aliphatic heterocycles. The third kappa shape index (κ3) is 2.77. The van der Waals surface area contributed by atoms with Gasteiger partial charge >= 0.3 is 5.97 Å².